The van der Waals surface area contributed by atoms with E-state index in [0.29, 0.717) is 30.2 Å². The number of amides is 2. The van der Waals surface area contributed by atoms with Crippen molar-refractivity contribution >= 4 is 34.2 Å². The second kappa shape index (κ2) is 7.10. The van der Waals surface area contributed by atoms with Crippen LogP contribution in [0.3, 0.4) is 0 Å². The molecule has 2 aromatic rings. The number of carbonyl (C=O) groups is 2. The highest BCUT2D eigenvalue weighted by molar-refractivity contribution is 7.15. The van der Waals surface area contributed by atoms with Crippen molar-refractivity contribution in [3.63, 3.8) is 0 Å². The van der Waals surface area contributed by atoms with E-state index in [2.05, 4.69) is 15.0 Å². The van der Waals surface area contributed by atoms with Gasteiger partial charge in [0.25, 0.3) is 5.91 Å². The first-order valence-corrected chi connectivity index (χ1v) is 8.70. The summed E-state index contributed by atoms with van der Waals surface area (Å²) in [4.78, 5) is 33.3. The minimum Gasteiger partial charge on any atom is -0.453 e. The number of nitrogens with one attached hydrogen (secondary N) is 1. The highest BCUT2D eigenvalue weighted by Gasteiger charge is 2.25. The van der Waals surface area contributed by atoms with Crippen LogP contribution >= 0.6 is 11.3 Å². The molecule has 1 aliphatic heterocycles. The Morgan fingerprint density at radius 3 is 2.88 bits per heavy atom. The van der Waals surface area contributed by atoms with Gasteiger partial charge < -0.3 is 14.5 Å². The molecule has 2 heterocycles. The Bertz CT molecular complexity index is 803. The molecule has 1 N–H and O–H groups in total. The smallest absolute Gasteiger partial charge is 0.413 e. The third-order valence-corrected chi connectivity index (χ3v) is 5.02. The molecule has 7 nitrogen and oxygen atoms in total. The third kappa shape index (κ3) is 3.74. The molecule has 1 aromatic heterocycles. The molecular formula is C17H20N4O3S. The summed E-state index contributed by atoms with van der Waals surface area (Å²) < 4.78 is 4.58. The maximum atomic E-state index is 12.8. The van der Waals surface area contributed by atoms with Crippen molar-refractivity contribution in [3.8, 4) is 0 Å². The minimum atomic E-state index is -0.542. The van der Waals surface area contributed by atoms with Crippen LogP contribution in [0.25, 0.3) is 0 Å². The molecular weight excluding hydrogens is 340 g/mol. The Balaban J connectivity index is 1.75. The standard InChI is InChI=1S/C17H20N4O3S/c1-20(2)12-6-4-5-11(9-12)15(22)21-8-7-13-14(10-21)25-16(18-13)19-17(23)24-3/h4-6,9H,7-8,10H2,1-3H3,(H,18,19,23). The Labute approximate surface area is 150 Å². The fraction of sp³-hybridized carbons (Fsp3) is 0.353. The molecule has 0 saturated carbocycles. The van der Waals surface area contributed by atoms with E-state index in [1.165, 1.54) is 18.4 Å². The zero-order chi connectivity index (χ0) is 18.0. The number of aromatic nitrogens is 1. The summed E-state index contributed by atoms with van der Waals surface area (Å²) in [5, 5.41) is 3.08. The van der Waals surface area contributed by atoms with Crippen LogP contribution < -0.4 is 10.2 Å². The second-order valence-electron chi connectivity index (χ2n) is 5.93. The molecule has 0 atom stereocenters. The molecule has 0 fully saturated rings. The minimum absolute atomic E-state index is 0.00484. The van der Waals surface area contributed by atoms with Crippen LogP contribution in [0.15, 0.2) is 24.3 Å². The van der Waals surface area contributed by atoms with Gasteiger partial charge >= 0.3 is 6.09 Å². The van der Waals surface area contributed by atoms with Crippen molar-refractivity contribution in [2.75, 3.05) is 38.0 Å². The van der Waals surface area contributed by atoms with Gasteiger partial charge in [-0.05, 0) is 18.2 Å². The van der Waals surface area contributed by atoms with Gasteiger partial charge in [-0.2, -0.15) is 0 Å². The third-order valence-electron chi connectivity index (χ3n) is 4.02. The SMILES string of the molecule is COC(=O)Nc1nc2c(s1)CN(C(=O)c1cccc(N(C)C)c1)CC2. The molecule has 0 unspecified atom stereocenters. The van der Waals surface area contributed by atoms with Crippen molar-refractivity contribution in [2.24, 2.45) is 0 Å². The summed E-state index contributed by atoms with van der Waals surface area (Å²) in [6.45, 7) is 1.11. The van der Waals surface area contributed by atoms with Crippen molar-refractivity contribution < 1.29 is 14.3 Å². The van der Waals surface area contributed by atoms with Crippen LogP contribution in [0.2, 0.25) is 0 Å². The van der Waals surface area contributed by atoms with Gasteiger partial charge in [-0.3, -0.25) is 10.1 Å². The summed E-state index contributed by atoms with van der Waals surface area (Å²) in [5.41, 5.74) is 2.60. The van der Waals surface area contributed by atoms with Crippen LogP contribution in [-0.4, -0.2) is 49.6 Å². The molecule has 2 amide bonds. The Morgan fingerprint density at radius 1 is 1.36 bits per heavy atom. The number of benzene rings is 1. The molecule has 0 bridgehead atoms. The Morgan fingerprint density at radius 2 is 2.16 bits per heavy atom. The average Bonchev–Trinajstić information content (AvgIpc) is 3.02. The first-order valence-electron chi connectivity index (χ1n) is 7.88. The van der Waals surface area contributed by atoms with Gasteiger partial charge in [-0.25, -0.2) is 9.78 Å². The lowest BCUT2D eigenvalue weighted by Crippen LogP contribution is -2.35. The van der Waals surface area contributed by atoms with E-state index in [-0.39, 0.29) is 5.91 Å². The molecule has 8 heteroatoms. The van der Waals surface area contributed by atoms with E-state index in [1.807, 2.05) is 48.2 Å². The number of hydrogen-bond acceptors (Lipinski definition) is 6. The van der Waals surface area contributed by atoms with Crippen molar-refractivity contribution in [1.82, 2.24) is 9.88 Å². The number of methoxy groups -OCH3 is 1. The predicted octanol–water partition coefficient (Wildman–Crippen LogP) is 2.59. The topological polar surface area (TPSA) is 74.8 Å². The van der Waals surface area contributed by atoms with Gasteiger partial charge in [0.2, 0.25) is 0 Å². The van der Waals surface area contributed by atoms with Crippen molar-refractivity contribution in [3.05, 3.63) is 40.4 Å². The number of fused-ring (bicyclic) bond motifs is 1. The number of thiazole rings is 1. The van der Waals surface area contributed by atoms with Gasteiger partial charge in [-0.15, -0.1) is 0 Å². The number of hydrogen-bond donors (Lipinski definition) is 1. The molecule has 0 saturated heterocycles. The first kappa shape index (κ1) is 17.2. The molecule has 25 heavy (non-hydrogen) atoms. The number of nitrogens with zero attached hydrogens (tertiary/aromatic N) is 3. The van der Waals surface area contributed by atoms with Crippen molar-refractivity contribution in [1.29, 1.82) is 0 Å². The lowest BCUT2D eigenvalue weighted by molar-refractivity contribution is 0.0736. The van der Waals surface area contributed by atoms with E-state index in [1.54, 1.807) is 0 Å². The highest BCUT2D eigenvalue weighted by Crippen LogP contribution is 2.29. The summed E-state index contributed by atoms with van der Waals surface area (Å²) in [5.74, 6) is 0.00484. The fourth-order valence-corrected chi connectivity index (χ4v) is 3.67. The van der Waals surface area contributed by atoms with Gasteiger partial charge in [0, 0.05) is 43.2 Å². The zero-order valence-electron chi connectivity index (χ0n) is 14.4. The zero-order valence-corrected chi connectivity index (χ0v) is 15.2. The normalized spacial score (nSPS) is 13.2. The van der Waals surface area contributed by atoms with Crippen LogP contribution in [0.1, 0.15) is 20.9 Å². The molecule has 132 valence electrons. The lowest BCUT2D eigenvalue weighted by Gasteiger charge is -2.26. The molecule has 1 aliphatic rings. The predicted molar refractivity (Wildman–Crippen MR) is 97.4 cm³/mol. The number of anilines is 2. The molecule has 0 aliphatic carbocycles. The van der Waals surface area contributed by atoms with Crippen molar-refractivity contribution in [2.45, 2.75) is 13.0 Å². The van der Waals surface area contributed by atoms with Gasteiger partial charge in [0.15, 0.2) is 5.13 Å². The van der Waals surface area contributed by atoms with Crippen LogP contribution in [0.5, 0.6) is 0 Å². The van der Waals surface area contributed by atoms with Gasteiger partial charge in [0.1, 0.15) is 0 Å². The van der Waals surface area contributed by atoms with Gasteiger partial charge in [-0.1, -0.05) is 17.4 Å². The van der Waals surface area contributed by atoms with E-state index >= 15 is 0 Å². The summed E-state index contributed by atoms with van der Waals surface area (Å²) >= 11 is 1.38. The molecule has 0 spiro atoms. The molecule has 1 aromatic carbocycles. The summed E-state index contributed by atoms with van der Waals surface area (Å²) in [7, 11) is 5.21. The fourth-order valence-electron chi connectivity index (χ4n) is 2.66. The van der Waals surface area contributed by atoms with E-state index in [0.717, 1.165) is 16.3 Å². The maximum absolute atomic E-state index is 12.8. The quantitative estimate of drug-likeness (QED) is 0.911. The summed E-state index contributed by atoms with van der Waals surface area (Å²) in [6, 6.07) is 7.60. The van der Waals surface area contributed by atoms with Crippen LogP contribution in [-0.2, 0) is 17.7 Å². The lowest BCUT2D eigenvalue weighted by atomic mass is 10.1. The Kier molecular flexibility index (Phi) is 4.89. The Hall–Kier alpha value is -2.61. The largest absolute Gasteiger partial charge is 0.453 e. The monoisotopic (exact) mass is 360 g/mol. The second-order valence-corrected chi connectivity index (χ2v) is 7.01. The van der Waals surface area contributed by atoms with Gasteiger partial charge in [0.05, 0.1) is 19.3 Å². The number of carbonyl (C=O) groups excluding carboxylic acids is 2. The molecule has 0 radical (unpaired) electrons. The first-order chi connectivity index (χ1) is 12.0. The highest BCUT2D eigenvalue weighted by atomic mass is 32.1. The number of rotatable bonds is 3. The van der Waals surface area contributed by atoms with E-state index < -0.39 is 6.09 Å². The van der Waals surface area contributed by atoms with Crippen LogP contribution in [0, 0.1) is 0 Å². The number of ether oxygens (including phenoxy) is 1. The maximum Gasteiger partial charge on any atom is 0.413 e. The summed E-state index contributed by atoms with van der Waals surface area (Å²) in [6.07, 6.45) is 0.132. The molecule has 3 rings (SSSR count). The van der Waals surface area contributed by atoms with Crippen LogP contribution in [0.4, 0.5) is 15.6 Å². The van der Waals surface area contributed by atoms with E-state index in [4.69, 9.17) is 0 Å². The van der Waals surface area contributed by atoms with E-state index in [9.17, 15) is 9.59 Å². The average molecular weight is 360 g/mol.